The highest BCUT2D eigenvalue weighted by molar-refractivity contribution is 7.89. The maximum absolute atomic E-state index is 14.0. The number of rotatable bonds is 31. The first-order valence-electron chi connectivity index (χ1n) is 27.6. The molecule has 2 aliphatic rings. The predicted molar refractivity (Wildman–Crippen MR) is 306 cm³/mol. The lowest BCUT2D eigenvalue weighted by molar-refractivity contribution is -0.144. The summed E-state index contributed by atoms with van der Waals surface area (Å²) in [5.74, 6) is -1.33. The lowest BCUT2D eigenvalue weighted by Crippen LogP contribution is -2.58. The minimum absolute atomic E-state index is 0.0306. The molecule has 5 amide bonds. The summed E-state index contributed by atoms with van der Waals surface area (Å²) in [5, 5.41) is 30.4. The van der Waals surface area contributed by atoms with Crippen molar-refractivity contribution in [2.24, 2.45) is 5.41 Å². The molecule has 5 N–H and O–H groups in total. The predicted octanol–water partition coefficient (Wildman–Crippen LogP) is 3.43. The summed E-state index contributed by atoms with van der Waals surface area (Å²) in [5.41, 5.74) is 6.16. The molecule has 7 rings (SSSR count). The quantitative estimate of drug-likeness (QED) is 0.0398. The standard InChI is InChI=1S/C56H78N12O12S2/c1-40(43-8-10-44(11-9-43)51-41(2)59-39-81-51)60-53(71)49-33-47(69)37-68(49)54(72)52(56(3,4)5)62-50(70)38-80-32-31-79-30-29-78-28-27-77-26-25-76-24-23-66-36-46(63-64-66)16-18-65-19-21-67(22-20-65)82(74,75)48-14-12-45(13-15-48)61-55(73)58-35-42-7-6-17-57-34-42/h6-15,17,34,36,39-40,47,49,52,69H,16,18-33,35,37-38H2,1-5H3,(H,60,71)(H,62,70)(H2,58,61,73). The van der Waals surface area contributed by atoms with Crippen molar-refractivity contribution in [1.82, 2.24) is 55.0 Å². The number of likely N-dealkylation sites (tertiary alicyclic amines) is 1. The Morgan fingerprint density at radius 3 is 2.11 bits per heavy atom. The number of carbonyl (C=O) groups excluding carboxylic acids is 4. The highest BCUT2D eigenvalue weighted by atomic mass is 32.2. The average molecular weight is 1180 g/mol. The molecular weight excluding hydrogens is 1100 g/mol. The Balaban J connectivity index is 0.668. The van der Waals surface area contributed by atoms with Gasteiger partial charge in [0.2, 0.25) is 27.7 Å². The van der Waals surface area contributed by atoms with Crippen LogP contribution in [-0.2, 0) is 67.6 Å². The zero-order chi connectivity index (χ0) is 58.5. The first-order chi connectivity index (χ1) is 39.4. The van der Waals surface area contributed by atoms with Gasteiger partial charge in [-0.3, -0.25) is 19.4 Å². The maximum Gasteiger partial charge on any atom is 0.319 e. The third-order valence-corrected chi connectivity index (χ3v) is 16.7. The van der Waals surface area contributed by atoms with Gasteiger partial charge in [0.25, 0.3) is 0 Å². The second-order valence-corrected chi connectivity index (χ2v) is 23.8. The number of β-amino-alcohol motifs (C(OH)–C–C–N with tert-alkyl or cyclic N) is 1. The fraction of sp³-hybridized carbons (Fsp3) is 0.536. The SMILES string of the molecule is Cc1ncsc1-c1ccc(C(C)NC(=O)C2CC(O)CN2C(=O)C(NC(=O)COCCOCCOCCOCCOCCn2cc(CCN3CCN(S(=O)(=O)c4ccc(NC(=O)NCc5cccnc5)cc4)CC3)nn2)C(C)(C)C)cc1. The molecule has 5 aromatic rings. The maximum atomic E-state index is 14.0. The number of carbonyl (C=O) groups is 4. The second kappa shape index (κ2) is 31.4. The molecule has 4 atom stereocenters. The summed E-state index contributed by atoms with van der Waals surface area (Å²) < 4.78 is 58.0. The third kappa shape index (κ3) is 19.4. The Bertz CT molecular complexity index is 2900. The Kier molecular flexibility index (Phi) is 24.2. The van der Waals surface area contributed by atoms with Crippen molar-refractivity contribution in [2.45, 2.75) is 89.7 Å². The van der Waals surface area contributed by atoms with E-state index in [2.05, 4.69) is 46.4 Å². The first kappa shape index (κ1) is 63.3. The molecule has 446 valence electrons. The molecule has 26 heteroatoms. The average Bonchev–Trinajstić information content (AvgIpc) is 4.40. The van der Waals surface area contributed by atoms with Crippen molar-refractivity contribution < 1.29 is 56.4 Å². The van der Waals surface area contributed by atoms with Gasteiger partial charge in [0.05, 0.1) is 105 Å². The number of aliphatic hydroxyl groups is 1. The number of ether oxygens (including phenoxy) is 5. The molecule has 0 aliphatic carbocycles. The largest absolute Gasteiger partial charge is 0.391 e. The molecule has 0 spiro atoms. The molecule has 2 saturated heterocycles. The summed E-state index contributed by atoms with van der Waals surface area (Å²) in [7, 11) is -3.70. The molecular formula is C56H78N12O12S2. The van der Waals surface area contributed by atoms with Crippen molar-refractivity contribution in [3.05, 3.63) is 107 Å². The van der Waals surface area contributed by atoms with Crippen LogP contribution in [-0.4, -0.2) is 200 Å². The number of aliphatic hydroxyl groups excluding tert-OH is 1. The summed E-state index contributed by atoms with van der Waals surface area (Å²) >= 11 is 1.57. The molecule has 0 radical (unpaired) electrons. The summed E-state index contributed by atoms with van der Waals surface area (Å²) in [6, 6.07) is 15.0. The molecule has 4 unspecified atom stereocenters. The fourth-order valence-electron chi connectivity index (χ4n) is 9.17. The number of amides is 5. The number of urea groups is 1. The monoisotopic (exact) mass is 1170 g/mol. The Morgan fingerprint density at radius 2 is 1.49 bits per heavy atom. The van der Waals surface area contributed by atoms with Gasteiger partial charge in [-0.1, -0.05) is 56.3 Å². The molecule has 0 bridgehead atoms. The minimum atomic E-state index is -3.70. The molecule has 3 aromatic heterocycles. The Morgan fingerprint density at radius 1 is 0.829 bits per heavy atom. The van der Waals surface area contributed by atoms with Crippen molar-refractivity contribution in [2.75, 3.05) is 111 Å². The number of anilines is 1. The Labute approximate surface area is 483 Å². The second-order valence-electron chi connectivity index (χ2n) is 21.0. The molecule has 2 aromatic carbocycles. The number of nitrogens with zero attached hydrogens (tertiary/aromatic N) is 8. The van der Waals surface area contributed by atoms with E-state index in [4.69, 9.17) is 23.7 Å². The van der Waals surface area contributed by atoms with E-state index in [1.807, 2.05) is 76.7 Å². The molecule has 5 heterocycles. The van der Waals surface area contributed by atoms with E-state index in [0.29, 0.717) is 97.6 Å². The molecule has 24 nitrogen and oxygen atoms in total. The summed E-state index contributed by atoms with van der Waals surface area (Å²) in [6.07, 6.45) is 5.08. The lowest BCUT2D eigenvalue weighted by Gasteiger charge is -2.35. The van der Waals surface area contributed by atoms with Crippen LogP contribution in [0.25, 0.3) is 10.4 Å². The van der Waals surface area contributed by atoms with E-state index in [9.17, 15) is 32.7 Å². The van der Waals surface area contributed by atoms with Crippen molar-refractivity contribution >= 4 is 50.8 Å². The number of sulfonamides is 1. The molecule has 2 aliphatic heterocycles. The number of nitrogens with one attached hydrogen (secondary N) is 4. The zero-order valence-electron chi connectivity index (χ0n) is 47.4. The van der Waals surface area contributed by atoms with Gasteiger partial charge in [-0.2, -0.15) is 4.31 Å². The summed E-state index contributed by atoms with van der Waals surface area (Å²) in [6.45, 7) is 15.4. The van der Waals surface area contributed by atoms with E-state index in [1.54, 1.807) is 46.6 Å². The topological polar surface area (TPSA) is 283 Å². The molecule has 0 saturated carbocycles. The van der Waals surface area contributed by atoms with Gasteiger partial charge >= 0.3 is 6.03 Å². The number of pyridine rings is 1. The lowest BCUT2D eigenvalue weighted by atomic mass is 9.85. The van der Waals surface area contributed by atoms with Crippen LogP contribution in [0.15, 0.2) is 89.7 Å². The smallest absolute Gasteiger partial charge is 0.319 e. The van der Waals surface area contributed by atoms with Crippen molar-refractivity contribution in [3.8, 4) is 10.4 Å². The van der Waals surface area contributed by atoms with E-state index >= 15 is 0 Å². The highest BCUT2D eigenvalue weighted by Gasteiger charge is 2.45. The highest BCUT2D eigenvalue weighted by Crippen LogP contribution is 2.30. The number of benzene rings is 2. The van der Waals surface area contributed by atoms with Gasteiger partial charge in [0, 0.05) is 82.9 Å². The van der Waals surface area contributed by atoms with Crippen LogP contribution < -0.4 is 21.3 Å². The zero-order valence-corrected chi connectivity index (χ0v) is 49.0. The van der Waals surface area contributed by atoms with Gasteiger partial charge in [0.1, 0.15) is 18.7 Å². The van der Waals surface area contributed by atoms with Crippen LogP contribution in [0.4, 0.5) is 10.5 Å². The minimum Gasteiger partial charge on any atom is -0.391 e. The van der Waals surface area contributed by atoms with Gasteiger partial charge < -0.3 is 59.9 Å². The van der Waals surface area contributed by atoms with E-state index in [1.165, 1.54) is 21.3 Å². The first-order valence-corrected chi connectivity index (χ1v) is 29.9. The van der Waals surface area contributed by atoms with Gasteiger partial charge in [-0.05, 0) is 66.3 Å². The van der Waals surface area contributed by atoms with Crippen LogP contribution >= 0.6 is 11.3 Å². The van der Waals surface area contributed by atoms with E-state index < -0.39 is 51.5 Å². The fourth-order valence-corrected chi connectivity index (χ4v) is 11.4. The third-order valence-electron chi connectivity index (χ3n) is 13.8. The van der Waals surface area contributed by atoms with Gasteiger partial charge in [-0.25, -0.2) is 22.9 Å². The number of aryl methyl sites for hydroxylation is 1. The van der Waals surface area contributed by atoms with Crippen LogP contribution in [0.1, 0.15) is 62.7 Å². The van der Waals surface area contributed by atoms with E-state index in [-0.39, 0.29) is 49.6 Å². The number of hydrogen-bond donors (Lipinski definition) is 5. The van der Waals surface area contributed by atoms with Crippen LogP contribution in [0.3, 0.4) is 0 Å². The molecule has 2 fully saturated rings. The van der Waals surface area contributed by atoms with Crippen molar-refractivity contribution in [3.63, 3.8) is 0 Å². The van der Waals surface area contributed by atoms with Crippen LogP contribution in [0, 0.1) is 12.3 Å². The van der Waals surface area contributed by atoms with Gasteiger partial charge in [0.15, 0.2) is 0 Å². The molecule has 82 heavy (non-hydrogen) atoms. The number of aromatic nitrogens is 5. The number of hydrogen-bond acceptors (Lipinski definition) is 18. The van der Waals surface area contributed by atoms with Crippen LogP contribution in [0.5, 0.6) is 0 Å². The normalized spacial score (nSPS) is 16.9. The Hall–Kier alpha value is -6.33. The van der Waals surface area contributed by atoms with Crippen LogP contribution in [0.2, 0.25) is 0 Å². The van der Waals surface area contributed by atoms with Crippen molar-refractivity contribution in [1.29, 1.82) is 0 Å². The van der Waals surface area contributed by atoms with E-state index in [0.717, 1.165) is 39.5 Å². The number of thiazole rings is 1. The summed E-state index contributed by atoms with van der Waals surface area (Å²) in [4.78, 5) is 66.2. The van der Waals surface area contributed by atoms with Gasteiger partial charge in [-0.15, -0.1) is 16.4 Å². The number of piperazine rings is 1.